The summed E-state index contributed by atoms with van der Waals surface area (Å²) >= 11 is 3.54. The fraction of sp³-hybridized carbons (Fsp3) is 0.304. The van der Waals surface area contributed by atoms with Crippen LogP contribution in [0.3, 0.4) is 0 Å². The molecule has 10 heteroatoms. The van der Waals surface area contributed by atoms with Crippen LogP contribution in [0.15, 0.2) is 41.1 Å². The molecule has 1 aromatic heterocycles. The van der Waals surface area contributed by atoms with E-state index in [1.54, 1.807) is 4.68 Å². The van der Waals surface area contributed by atoms with Gasteiger partial charge in [-0.05, 0) is 65.5 Å². The Labute approximate surface area is 199 Å². The van der Waals surface area contributed by atoms with Gasteiger partial charge in [0.1, 0.15) is 6.33 Å². The van der Waals surface area contributed by atoms with Crippen LogP contribution in [0.5, 0.6) is 11.5 Å². The van der Waals surface area contributed by atoms with Crippen molar-refractivity contribution in [1.82, 2.24) is 14.8 Å². The zero-order valence-corrected chi connectivity index (χ0v) is 20.1. The van der Waals surface area contributed by atoms with Crippen LogP contribution in [-0.4, -0.2) is 39.8 Å². The lowest BCUT2D eigenvalue weighted by atomic mass is 10.0. The molecule has 0 saturated carbocycles. The number of carbonyl (C=O) groups is 2. The Balaban J connectivity index is 1.56. The number of halogens is 1. The molecule has 3 aromatic rings. The molecule has 2 N–H and O–H groups in total. The average molecular weight is 514 g/mol. The van der Waals surface area contributed by atoms with E-state index in [1.807, 2.05) is 51.1 Å². The van der Waals surface area contributed by atoms with Crippen molar-refractivity contribution in [1.29, 1.82) is 0 Å². The number of hydrogen-bond acceptors (Lipinski definition) is 6. The van der Waals surface area contributed by atoms with Crippen LogP contribution < -0.4 is 20.1 Å². The third-order valence-electron chi connectivity index (χ3n) is 5.31. The molecular weight excluding hydrogens is 490 g/mol. The van der Waals surface area contributed by atoms with E-state index in [1.165, 1.54) is 6.33 Å². The quantitative estimate of drug-likeness (QED) is 0.494. The Bertz CT molecular complexity index is 1190. The van der Waals surface area contributed by atoms with Gasteiger partial charge in [0, 0.05) is 5.69 Å². The molecule has 1 aliphatic rings. The number of rotatable bonds is 7. The van der Waals surface area contributed by atoms with Crippen molar-refractivity contribution >= 4 is 39.4 Å². The van der Waals surface area contributed by atoms with Gasteiger partial charge in [0.25, 0.3) is 5.91 Å². The number of benzene rings is 2. The average Bonchev–Trinajstić information content (AvgIpc) is 3.23. The summed E-state index contributed by atoms with van der Waals surface area (Å²) in [6, 6.07) is 9.14. The van der Waals surface area contributed by atoms with Crippen LogP contribution in [0, 0.1) is 13.8 Å². The number of nitrogens with one attached hydrogen (secondary N) is 2. The number of nitrogens with zero attached hydrogens (tertiary/aromatic N) is 3. The minimum absolute atomic E-state index is 0.141. The van der Waals surface area contributed by atoms with Crippen molar-refractivity contribution < 1.29 is 19.1 Å². The van der Waals surface area contributed by atoms with Crippen molar-refractivity contribution in [2.24, 2.45) is 0 Å². The van der Waals surface area contributed by atoms with Crippen molar-refractivity contribution in [2.75, 3.05) is 23.8 Å². The zero-order valence-electron chi connectivity index (χ0n) is 18.5. The number of aryl methyl sites for hydroxylation is 2. The normalized spacial score (nSPS) is 14.9. The van der Waals surface area contributed by atoms with E-state index >= 15 is 0 Å². The predicted octanol–water partition coefficient (Wildman–Crippen LogP) is 4.01. The first-order chi connectivity index (χ1) is 15.9. The molecule has 4 rings (SSSR count). The van der Waals surface area contributed by atoms with Gasteiger partial charge < -0.3 is 14.8 Å². The van der Waals surface area contributed by atoms with Gasteiger partial charge in [0.15, 0.2) is 18.1 Å². The lowest BCUT2D eigenvalue weighted by Crippen LogP contribution is -2.29. The largest absolute Gasteiger partial charge is 0.490 e. The van der Waals surface area contributed by atoms with Gasteiger partial charge in [0.05, 0.1) is 23.5 Å². The van der Waals surface area contributed by atoms with Gasteiger partial charge >= 0.3 is 0 Å². The Hall–Kier alpha value is -3.40. The van der Waals surface area contributed by atoms with Crippen LogP contribution >= 0.6 is 15.9 Å². The van der Waals surface area contributed by atoms with E-state index in [4.69, 9.17) is 9.47 Å². The Morgan fingerprint density at radius 1 is 1.27 bits per heavy atom. The van der Waals surface area contributed by atoms with Gasteiger partial charge in [-0.15, -0.1) is 0 Å². The Morgan fingerprint density at radius 3 is 2.76 bits per heavy atom. The number of para-hydroxylation sites is 1. The summed E-state index contributed by atoms with van der Waals surface area (Å²) in [7, 11) is 0. The molecule has 0 fully saturated rings. The molecule has 1 aliphatic heterocycles. The van der Waals surface area contributed by atoms with Crippen LogP contribution in [0.2, 0.25) is 0 Å². The molecule has 2 heterocycles. The highest BCUT2D eigenvalue weighted by atomic mass is 79.9. The van der Waals surface area contributed by atoms with Crippen LogP contribution in [0.25, 0.3) is 0 Å². The van der Waals surface area contributed by atoms with Gasteiger partial charge in [-0.25, -0.2) is 4.68 Å². The van der Waals surface area contributed by atoms with E-state index < -0.39 is 0 Å². The first-order valence-electron chi connectivity index (χ1n) is 10.5. The molecule has 2 amide bonds. The van der Waals surface area contributed by atoms with Crippen molar-refractivity contribution in [3.63, 3.8) is 0 Å². The van der Waals surface area contributed by atoms with Gasteiger partial charge in [-0.1, -0.05) is 18.2 Å². The molecule has 0 unspecified atom stereocenters. The second-order valence-corrected chi connectivity index (χ2v) is 8.52. The van der Waals surface area contributed by atoms with Gasteiger partial charge in [-0.3, -0.25) is 14.9 Å². The summed E-state index contributed by atoms with van der Waals surface area (Å²) in [5.74, 6) is 0.861. The standard InChI is InChI=1S/C23H24BrN5O4/c1-4-32-18-9-15(17-10-19(30)28-23-25-12-26-29(17)23)8-16(24)22(18)33-11-20(31)27-21-13(2)6-5-7-14(21)3/h5-9,12,17H,4,10-11H2,1-3H3,(H,27,31)(H,25,26,28,30)/t17-/m1/s1. The number of amides is 2. The highest BCUT2D eigenvalue weighted by Crippen LogP contribution is 2.40. The maximum Gasteiger partial charge on any atom is 0.262 e. The minimum atomic E-state index is -0.340. The maximum absolute atomic E-state index is 12.6. The molecule has 0 bridgehead atoms. The topological polar surface area (TPSA) is 107 Å². The summed E-state index contributed by atoms with van der Waals surface area (Å²) in [4.78, 5) is 28.8. The number of aromatic nitrogens is 3. The van der Waals surface area contributed by atoms with Crippen molar-refractivity contribution in [3.8, 4) is 11.5 Å². The second kappa shape index (κ2) is 9.62. The zero-order chi connectivity index (χ0) is 23.5. The highest BCUT2D eigenvalue weighted by molar-refractivity contribution is 9.10. The third-order valence-corrected chi connectivity index (χ3v) is 5.90. The lowest BCUT2D eigenvalue weighted by Gasteiger charge is -2.25. The van der Waals surface area contributed by atoms with Crippen molar-refractivity contribution in [3.05, 3.63) is 57.8 Å². The fourth-order valence-electron chi connectivity index (χ4n) is 3.77. The minimum Gasteiger partial charge on any atom is -0.490 e. The van der Waals surface area contributed by atoms with Crippen LogP contribution in [0.4, 0.5) is 11.6 Å². The molecule has 0 radical (unpaired) electrons. The molecule has 0 aliphatic carbocycles. The smallest absolute Gasteiger partial charge is 0.262 e. The van der Waals surface area contributed by atoms with Gasteiger partial charge in [-0.2, -0.15) is 10.1 Å². The number of ether oxygens (including phenoxy) is 2. The van der Waals surface area contributed by atoms with E-state index in [-0.39, 0.29) is 30.9 Å². The molecule has 0 spiro atoms. The maximum atomic E-state index is 12.6. The summed E-state index contributed by atoms with van der Waals surface area (Å²) in [5.41, 5.74) is 3.55. The van der Waals surface area contributed by atoms with Crippen LogP contribution in [0.1, 0.15) is 36.1 Å². The Morgan fingerprint density at radius 2 is 2.03 bits per heavy atom. The van der Waals surface area contributed by atoms with E-state index in [2.05, 4.69) is 36.6 Å². The molecule has 172 valence electrons. The fourth-order valence-corrected chi connectivity index (χ4v) is 4.35. The molecular formula is C23H24BrN5O4. The van der Waals surface area contributed by atoms with E-state index in [0.717, 1.165) is 22.4 Å². The summed E-state index contributed by atoms with van der Waals surface area (Å²) in [6.45, 7) is 5.96. The van der Waals surface area contributed by atoms with Crippen molar-refractivity contribution in [2.45, 2.75) is 33.2 Å². The molecule has 33 heavy (non-hydrogen) atoms. The highest BCUT2D eigenvalue weighted by Gasteiger charge is 2.29. The summed E-state index contributed by atoms with van der Waals surface area (Å²) < 4.78 is 13.9. The number of carbonyl (C=O) groups excluding carboxylic acids is 2. The SMILES string of the molecule is CCOc1cc([C@H]2CC(=O)Nc3ncnn32)cc(Br)c1OCC(=O)Nc1c(C)cccc1C. The Kier molecular flexibility index (Phi) is 6.64. The third kappa shape index (κ3) is 4.85. The molecule has 1 atom stereocenters. The molecule has 9 nitrogen and oxygen atoms in total. The second-order valence-electron chi connectivity index (χ2n) is 7.66. The van der Waals surface area contributed by atoms with Crippen LogP contribution in [-0.2, 0) is 9.59 Å². The molecule has 2 aromatic carbocycles. The summed E-state index contributed by atoms with van der Waals surface area (Å²) in [5, 5.41) is 9.86. The van der Waals surface area contributed by atoms with Gasteiger partial charge in [0.2, 0.25) is 11.9 Å². The number of anilines is 2. The number of fused-ring (bicyclic) bond motifs is 1. The predicted molar refractivity (Wildman–Crippen MR) is 127 cm³/mol. The molecule has 0 saturated heterocycles. The van der Waals surface area contributed by atoms with E-state index in [0.29, 0.717) is 28.5 Å². The van der Waals surface area contributed by atoms with E-state index in [9.17, 15) is 9.59 Å². The number of hydrogen-bond donors (Lipinski definition) is 2. The lowest BCUT2D eigenvalue weighted by molar-refractivity contribution is -0.118. The first-order valence-corrected chi connectivity index (χ1v) is 11.3. The summed E-state index contributed by atoms with van der Waals surface area (Å²) in [6.07, 6.45) is 1.62. The first kappa shape index (κ1) is 22.8. The monoisotopic (exact) mass is 513 g/mol.